The van der Waals surface area contributed by atoms with Crippen LogP contribution in [0.3, 0.4) is 0 Å². The van der Waals surface area contributed by atoms with Crippen molar-refractivity contribution in [2.75, 3.05) is 13.2 Å². The van der Waals surface area contributed by atoms with E-state index in [4.69, 9.17) is 4.74 Å². The molecule has 1 spiro atoms. The Morgan fingerprint density at radius 2 is 2.03 bits per heavy atom. The third-order valence-corrected chi connectivity index (χ3v) is 7.38. The zero-order valence-corrected chi connectivity index (χ0v) is 18.7. The molecular formula is C22H34N2O6. The van der Waals surface area contributed by atoms with E-state index in [1.165, 1.54) is 4.90 Å². The fraction of sp³-hybridized carbons (Fsp3) is 0.773. The lowest BCUT2D eigenvalue weighted by atomic mass is 9.62. The van der Waals surface area contributed by atoms with Crippen molar-refractivity contribution in [1.82, 2.24) is 9.80 Å². The molecule has 0 aromatic carbocycles. The van der Waals surface area contributed by atoms with E-state index in [0.29, 0.717) is 6.42 Å². The molecule has 168 valence electrons. The van der Waals surface area contributed by atoms with Crippen LogP contribution in [-0.2, 0) is 19.1 Å². The number of fused-ring (bicyclic) bond motifs is 1. The fourth-order valence-electron chi connectivity index (χ4n) is 5.87. The summed E-state index contributed by atoms with van der Waals surface area (Å²) in [5, 5.41) is 19.8. The van der Waals surface area contributed by atoms with Gasteiger partial charge in [0.05, 0.1) is 24.2 Å². The van der Waals surface area contributed by atoms with Gasteiger partial charge in [-0.05, 0) is 47.0 Å². The van der Waals surface area contributed by atoms with E-state index in [0.717, 1.165) is 0 Å². The van der Waals surface area contributed by atoms with Gasteiger partial charge in [-0.15, -0.1) is 6.58 Å². The quantitative estimate of drug-likeness (QED) is 0.625. The summed E-state index contributed by atoms with van der Waals surface area (Å²) in [6, 6.07) is -1.64. The van der Waals surface area contributed by atoms with Gasteiger partial charge in [0.1, 0.15) is 17.6 Å². The molecule has 3 heterocycles. The van der Waals surface area contributed by atoms with Gasteiger partial charge in [0.15, 0.2) is 0 Å². The first kappa shape index (κ1) is 22.7. The minimum absolute atomic E-state index is 0.134. The first-order chi connectivity index (χ1) is 13.8. The minimum atomic E-state index is -1.22. The average molecular weight is 423 g/mol. The number of aliphatic carboxylic acids is 1. The van der Waals surface area contributed by atoms with Crippen LogP contribution >= 0.6 is 0 Å². The fourth-order valence-corrected chi connectivity index (χ4v) is 5.87. The highest BCUT2D eigenvalue weighted by Gasteiger charge is 2.80. The molecule has 3 aliphatic rings. The van der Waals surface area contributed by atoms with E-state index >= 15 is 0 Å². The number of carbonyl (C=O) groups excluding carboxylic acids is 2. The van der Waals surface area contributed by atoms with E-state index in [9.17, 15) is 24.6 Å². The molecule has 2 bridgehead atoms. The van der Waals surface area contributed by atoms with Crippen molar-refractivity contribution in [3.05, 3.63) is 12.7 Å². The van der Waals surface area contributed by atoms with Crippen molar-refractivity contribution in [1.29, 1.82) is 0 Å². The lowest BCUT2D eigenvalue weighted by Crippen LogP contribution is -2.61. The first-order valence-electron chi connectivity index (χ1n) is 10.6. The van der Waals surface area contributed by atoms with Crippen LogP contribution in [0.4, 0.5) is 0 Å². The summed E-state index contributed by atoms with van der Waals surface area (Å²) in [6.07, 6.45) is 2.05. The molecule has 0 aliphatic carbocycles. The highest BCUT2D eigenvalue weighted by Crippen LogP contribution is 2.65. The van der Waals surface area contributed by atoms with Crippen LogP contribution in [0.5, 0.6) is 0 Å². The summed E-state index contributed by atoms with van der Waals surface area (Å²) >= 11 is 0. The third-order valence-electron chi connectivity index (χ3n) is 7.38. The maximum absolute atomic E-state index is 13.9. The molecule has 3 aliphatic heterocycles. The molecule has 30 heavy (non-hydrogen) atoms. The normalized spacial score (nSPS) is 38.5. The summed E-state index contributed by atoms with van der Waals surface area (Å²) in [4.78, 5) is 42.8. The predicted octanol–water partition coefficient (Wildman–Crippen LogP) is 1.28. The smallest absolute Gasteiger partial charge is 0.310 e. The monoisotopic (exact) mass is 422 g/mol. The Hall–Kier alpha value is -1.93. The van der Waals surface area contributed by atoms with E-state index in [1.54, 1.807) is 24.8 Å². The summed E-state index contributed by atoms with van der Waals surface area (Å²) in [5.41, 5.74) is -2.79. The number of amides is 2. The Labute approximate surface area is 177 Å². The second-order valence-electron chi connectivity index (χ2n) is 10.2. The van der Waals surface area contributed by atoms with Crippen molar-refractivity contribution in [3.63, 3.8) is 0 Å². The van der Waals surface area contributed by atoms with Gasteiger partial charge in [-0.3, -0.25) is 14.4 Å². The molecule has 0 radical (unpaired) electrons. The number of hydrogen-bond donors (Lipinski definition) is 2. The van der Waals surface area contributed by atoms with Crippen molar-refractivity contribution in [2.24, 2.45) is 17.8 Å². The average Bonchev–Trinajstić information content (AvgIpc) is 3.14. The molecule has 0 aromatic rings. The number of likely N-dealkylation sites (tertiary alicyclic amines) is 1. The van der Waals surface area contributed by atoms with E-state index in [1.807, 2.05) is 27.7 Å². The maximum atomic E-state index is 13.9. The molecule has 8 nitrogen and oxygen atoms in total. The van der Waals surface area contributed by atoms with Crippen LogP contribution in [0.1, 0.15) is 48.0 Å². The van der Waals surface area contributed by atoms with Crippen molar-refractivity contribution < 1.29 is 29.3 Å². The molecule has 0 aromatic heterocycles. The Morgan fingerprint density at radius 1 is 1.43 bits per heavy atom. The Balaban J connectivity index is 2.19. The van der Waals surface area contributed by atoms with Crippen molar-refractivity contribution in [2.45, 2.75) is 76.8 Å². The zero-order valence-electron chi connectivity index (χ0n) is 18.7. The Bertz CT molecular complexity index is 776. The third kappa shape index (κ3) is 2.83. The molecule has 3 saturated heterocycles. The highest BCUT2D eigenvalue weighted by atomic mass is 16.5. The SMILES string of the molecule is C=CCN(C(=O)C1N([C@H](C)CO)C(=O)[C@@H]2[C@@H](C(=O)O)[C@]3(C)OC12CC3C)C(C)(C)C. The lowest BCUT2D eigenvalue weighted by molar-refractivity contribution is -0.161. The number of carboxylic acids is 1. The van der Waals surface area contributed by atoms with Gasteiger partial charge in [0.2, 0.25) is 11.8 Å². The number of ether oxygens (including phenoxy) is 1. The van der Waals surface area contributed by atoms with E-state index in [2.05, 4.69) is 6.58 Å². The number of aliphatic hydroxyl groups excluding tert-OH is 1. The van der Waals surface area contributed by atoms with Gasteiger partial charge in [-0.2, -0.15) is 0 Å². The molecule has 8 heteroatoms. The number of hydrogen-bond acceptors (Lipinski definition) is 5. The Kier molecular flexibility index (Phi) is 5.35. The van der Waals surface area contributed by atoms with Crippen LogP contribution in [0.15, 0.2) is 12.7 Å². The largest absolute Gasteiger partial charge is 0.481 e. The number of nitrogens with zero attached hydrogens (tertiary/aromatic N) is 2. The molecule has 3 unspecified atom stereocenters. The molecule has 0 saturated carbocycles. The van der Waals surface area contributed by atoms with Gasteiger partial charge in [0, 0.05) is 12.1 Å². The lowest BCUT2D eigenvalue weighted by Gasteiger charge is -2.43. The number of carboxylic acid groups (broad SMARTS) is 1. The van der Waals surface area contributed by atoms with Crippen LogP contribution in [0, 0.1) is 17.8 Å². The van der Waals surface area contributed by atoms with Crippen LogP contribution < -0.4 is 0 Å². The van der Waals surface area contributed by atoms with Crippen LogP contribution in [0.25, 0.3) is 0 Å². The van der Waals surface area contributed by atoms with Crippen LogP contribution in [-0.4, -0.2) is 79.8 Å². The summed E-state index contributed by atoms with van der Waals surface area (Å²) < 4.78 is 6.43. The minimum Gasteiger partial charge on any atom is -0.481 e. The zero-order chi connectivity index (χ0) is 22.8. The summed E-state index contributed by atoms with van der Waals surface area (Å²) in [6.45, 7) is 14.7. The molecule has 3 fully saturated rings. The second-order valence-corrected chi connectivity index (χ2v) is 10.2. The predicted molar refractivity (Wildman–Crippen MR) is 109 cm³/mol. The highest BCUT2D eigenvalue weighted by molar-refractivity contribution is 5.98. The maximum Gasteiger partial charge on any atom is 0.310 e. The van der Waals surface area contributed by atoms with Crippen LogP contribution in [0.2, 0.25) is 0 Å². The van der Waals surface area contributed by atoms with Gasteiger partial charge >= 0.3 is 5.97 Å². The molecular weight excluding hydrogens is 388 g/mol. The van der Waals surface area contributed by atoms with E-state index in [-0.39, 0.29) is 25.0 Å². The molecule has 7 atom stereocenters. The van der Waals surface area contributed by atoms with Crippen molar-refractivity contribution >= 4 is 17.8 Å². The second kappa shape index (κ2) is 7.05. The number of aliphatic hydroxyl groups is 1. The van der Waals surface area contributed by atoms with Gasteiger partial charge in [-0.1, -0.05) is 13.0 Å². The summed E-state index contributed by atoms with van der Waals surface area (Å²) in [7, 11) is 0. The molecule has 2 amide bonds. The standard InChI is InChI=1S/C22H34N2O6/c1-8-9-23(20(4,5)6)18(27)16-22-10-12(2)21(7,30-22)15(19(28)29)14(22)17(26)24(16)13(3)11-25/h8,12-16,25H,1,9-11H2,2-7H3,(H,28,29)/t12?,13-,14+,15+,16?,21-,22?/m1/s1. The number of carbonyl (C=O) groups is 3. The Morgan fingerprint density at radius 3 is 2.50 bits per heavy atom. The first-order valence-corrected chi connectivity index (χ1v) is 10.6. The van der Waals surface area contributed by atoms with Gasteiger partial charge in [-0.25, -0.2) is 0 Å². The van der Waals surface area contributed by atoms with Gasteiger partial charge in [0.25, 0.3) is 0 Å². The number of rotatable bonds is 6. The topological polar surface area (TPSA) is 107 Å². The molecule has 2 N–H and O–H groups in total. The van der Waals surface area contributed by atoms with E-state index < -0.39 is 52.5 Å². The summed E-state index contributed by atoms with van der Waals surface area (Å²) in [5.74, 6) is -3.95. The van der Waals surface area contributed by atoms with Crippen molar-refractivity contribution in [3.8, 4) is 0 Å². The molecule has 3 rings (SSSR count). The van der Waals surface area contributed by atoms with Gasteiger partial charge < -0.3 is 24.7 Å².